The zero-order chi connectivity index (χ0) is 12.6. The molecule has 6 heteroatoms. The lowest BCUT2D eigenvalue weighted by atomic mass is 10.1. The molecule has 0 spiro atoms. The predicted octanol–water partition coefficient (Wildman–Crippen LogP) is 4.52. The Morgan fingerprint density at radius 3 is 2.47 bits per heavy atom. The zero-order valence-corrected chi connectivity index (χ0v) is 11.4. The van der Waals surface area contributed by atoms with Gasteiger partial charge in [0.2, 0.25) is 0 Å². The summed E-state index contributed by atoms with van der Waals surface area (Å²) in [6.45, 7) is 0. The lowest BCUT2D eigenvalue weighted by Crippen LogP contribution is -1.98. The van der Waals surface area contributed by atoms with Crippen molar-refractivity contribution < 1.29 is 13.9 Å². The summed E-state index contributed by atoms with van der Waals surface area (Å²) in [6, 6.07) is 4.88. The average Bonchev–Trinajstić information content (AvgIpc) is 2.62. The van der Waals surface area contributed by atoms with Gasteiger partial charge in [-0.05, 0) is 39.7 Å². The van der Waals surface area contributed by atoms with Crippen molar-refractivity contribution in [2.45, 2.75) is 6.10 Å². The third kappa shape index (κ3) is 2.68. The van der Waals surface area contributed by atoms with Gasteiger partial charge in [-0.2, -0.15) is 0 Å². The number of halogens is 4. The van der Waals surface area contributed by atoms with Crippen molar-refractivity contribution in [2.24, 2.45) is 0 Å². The maximum atomic E-state index is 13.0. The number of benzene rings is 1. The van der Waals surface area contributed by atoms with Gasteiger partial charge in [-0.1, -0.05) is 17.7 Å². The molecule has 0 fully saturated rings. The molecule has 2 rings (SSSR count). The normalized spacial score (nSPS) is 12.8. The first-order valence-electron chi connectivity index (χ1n) is 4.57. The third-order valence-electron chi connectivity index (χ3n) is 2.19. The first-order chi connectivity index (χ1) is 7.99. The second-order valence-electron chi connectivity index (χ2n) is 3.35. The van der Waals surface area contributed by atoms with Gasteiger partial charge in [-0.15, -0.1) is 11.3 Å². The molecule has 2 aromatic rings. The fourth-order valence-corrected chi connectivity index (χ4v) is 3.11. The van der Waals surface area contributed by atoms with Crippen LogP contribution in [0.3, 0.4) is 0 Å². The topological polar surface area (TPSA) is 20.2 Å². The van der Waals surface area contributed by atoms with Crippen molar-refractivity contribution in [3.05, 3.63) is 55.1 Å². The summed E-state index contributed by atoms with van der Waals surface area (Å²) >= 11 is 10.3. The number of thiophene rings is 1. The number of aliphatic hydroxyl groups is 1. The molecular weight excluding hydrogens is 334 g/mol. The van der Waals surface area contributed by atoms with Gasteiger partial charge >= 0.3 is 0 Å². The summed E-state index contributed by atoms with van der Waals surface area (Å²) in [4.78, 5) is 0.563. The maximum Gasteiger partial charge on any atom is 0.159 e. The van der Waals surface area contributed by atoms with Gasteiger partial charge in [0.05, 0.1) is 8.81 Å². The summed E-state index contributed by atoms with van der Waals surface area (Å²) < 4.78 is 26.5. The summed E-state index contributed by atoms with van der Waals surface area (Å²) in [5.41, 5.74) is 0.286. The van der Waals surface area contributed by atoms with Crippen molar-refractivity contribution in [1.82, 2.24) is 0 Å². The minimum Gasteiger partial charge on any atom is -0.383 e. The molecular formula is C11H6BrClF2OS. The summed E-state index contributed by atoms with van der Waals surface area (Å²) in [6.07, 6.45) is -1.01. The highest BCUT2D eigenvalue weighted by Crippen LogP contribution is 2.37. The van der Waals surface area contributed by atoms with E-state index in [4.69, 9.17) is 11.6 Å². The first-order valence-corrected chi connectivity index (χ1v) is 6.55. The molecule has 1 N–H and O–H groups in total. The fraction of sp³-hybridized carbons (Fsp3) is 0.0909. The van der Waals surface area contributed by atoms with E-state index in [0.717, 1.165) is 12.1 Å². The van der Waals surface area contributed by atoms with Crippen LogP contribution in [0.5, 0.6) is 0 Å². The van der Waals surface area contributed by atoms with E-state index in [2.05, 4.69) is 15.9 Å². The Morgan fingerprint density at radius 2 is 1.94 bits per heavy atom. The van der Waals surface area contributed by atoms with Gasteiger partial charge in [0.25, 0.3) is 0 Å². The Kier molecular flexibility index (Phi) is 3.82. The van der Waals surface area contributed by atoms with E-state index in [1.165, 1.54) is 17.4 Å². The Balaban J connectivity index is 2.36. The second-order valence-corrected chi connectivity index (χ2v) is 6.16. The first kappa shape index (κ1) is 13.0. The van der Waals surface area contributed by atoms with Crippen LogP contribution in [-0.4, -0.2) is 5.11 Å². The van der Waals surface area contributed by atoms with Crippen LogP contribution in [0.1, 0.15) is 16.5 Å². The molecule has 1 aromatic carbocycles. The van der Waals surface area contributed by atoms with Crippen LogP contribution in [-0.2, 0) is 0 Å². The van der Waals surface area contributed by atoms with Crippen molar-refractivity contribution in [1.29, 1.82) is 0 Å². The number of hydrogen-bond acceptors (Lipinski definition) is 2. The molecule has 0 aliphatic carbocycles. The van der Waals surface area contributed by atoms with Crippen molar-refractivity contribution in [3.63, 3.8) is 0 Å². The van der Waals surface area contributed by atoms with E-state index in [1.54, 1.807) is 6.07 Å². The van der Waals surface area contributed by atoms with Crippen LogP contribution in [0.2, 0.25) is 5.02 Å². The molecule has 1 atom stereocenters. The molecule has 1 nitrogen and oxygen atoms in total. The Labute approximate surface area is 114 Å². The van der Waals surface area contributed by atoms with E-state index < -0.39 is 17.7 Å². The van der Waals surface area contributed by atoms with Gasteiger partial charge < -0.3 is 5.11 Å². The Morgan fingerprint density at radius 1 is 1.24 bits per heavy atom. The summed E-state index contributed by atoms with van der Waals surface area (Å²) in [7, 11) is 0. The largest absolute Gasteiger partial charge is 0.383 e. The molecule has 1 unspecified atom stereocenters. The minimum atomic E-state index is -1.01. The molecule has 0 bridgehead atoms. The van der Waals surface area contributed by atoms with Crippen LogP contribution < -0.4 is 0 Å². The van der Waals surface area contributed by atoms with Crippen molar-refractivity contribution >= 4 is 38.9 Å². The SMILES string of the molecule is OC(c1ccc(F)c(F)c1)c1cc(Cl)c(Br)s1. The molecule has 1 heterocycles. The van der Waals surface area contributed by atoms with E-state index in [1.807, 2.05) is 0 Å². The lowest BCUT2D eigenvalue weighted by Gasteiger charge is -2.08. The van der Waals surface area contributed by atoms with Gasteiger partial charge in [0, 0.05) is 4.88 Å². The quantitative estimate of drug-likeness (QED) is 0.852. The number of aliphatic hydroxyl groups excluding tert-OH is 1. The van der Waals surface area contributed by atoms with E-state index in [0.29, 0.717) is 13.7 Å². The van der Waals surface area contributed by atoms with Gasteiger partial charge in [-0.25, -0.2) is 8.78 Å². The summed E-state index contributed by atoms with van der Waals surface area (Å²) in [5, 5.41) is 10.5. The Hall–Kier alpha value is -0.490. The summed E-state index contributed by atoms with van der Waals surface area (Å²) in [5.74, 6) is -1.92. The van der Waals surface area contributed by atoms with Crippen LogP contribution in [0.4, 0.5) is 8.78 Å². The lowest BCUT2D eigenvalue weighted by molar-refractivity contribution is 0.223. The van der Waals surface area contributed by atoms with Crippen LogP contribution in [0.25, 0.3) is 0 Å². The van der Waals surface area contributed by atoms with Crippen molar-refractivity contribution in [3.8, 4) is 0 Å². The molecule has 0 amide bonds. The highest BCUT2D eigenvalue weighted by atomic mass is 79.9. The van der Waals surface area contributed by atoms with Gasteiger partial charge in [0.1, 0.15) is 6.10 Å². The van der Waals surface area contributed by atoms with E-state index in [-0.39, 0.29) is 5.56 Å². The van der Waals surface area contributed by atoms with Crippen LogP contribution in [0.15, 0.2) is 28.1 Å². The molecule has 0 aliphatic rings. The smallest absolute Gasteiger partial charge is 0.159 e. The Bertz CT molecular complexity index is 539. The average molecular weight is 340 g/mol. The number of rotatable bonds is 2. The van der Waals surface area contributed by atoms with Crippen molar-refractivity contribution in [2.75, 3.05) is 0 Å². The van der Waals surface area contributed by atoms with Crippen LogP contribution in [0, 0.1) is 11.6 Å². The minimum absolute atomic E-state index is 0.286. The third-order valence-corrected chi connectivity index (χ3v) is 4.72. The van der Waals surface area contributed by atoms with E-state index in [9.17, 15) is 13.9 Å². The number of hydrogen-bond donors (Lipinski definition) is 1. The monoisotopic (exact) mass is 338 g/mol. The van der Waals surface area contributed by atoms with Gasteiger partial charge in [0.15, 0.2) is 11.6 Å². The standard InChI is InChI=1S/C11H6BrClF2OS/c12-11-6(13)4-9(17-11)10(16)5-1-2-7(14)8(15)3-5/h1-4,10,16H. The molecule has 1 aromatic heterocycles. The van der Waals surface area contributed by atoms with E-state index >= 15 is 0 Å². The second kappa shape index (κ2) is 5.02. The highest BCUT2D eigenvalue weighted by Gasteiger charge is 2.16. The van der Waals surface area contributed by atoms with Crippen LogP contribution >= 0.6 is 38.9 Å². The molecule has 0 saturated carbocycles. The molecule has 0 aliphatic heterocycles. The molecule has 90 valence electrons. The fourth-order valence-electron chi connectivity index (χ4n) is 1.34. The molecule has 17 heavy (non-hydrogen) atoms. The maximum absolute atomic E-state index is 13.0. The van der Waals surface area contributed by atoms with Gasteiger partial charge in [-0.3, -0.25) is 0 Å². The molecule has 0 saturated heterocycles. The molecule has 0 radical (unpaired) electrons. The zero-order valence-electron chi connectivity index (χ0n) is 8.25. The highest BCUT2D eigenvalue weighted by molar-refractivity contribution is 9.11. The predicted molar refractivity (Wildman–Crippen MR) is 67.4 cm³/mol.